The van der Waals surface area contributed by atoms with Crippen molar-refractivity contribution in [2.45, 2.75) is 53.3 Å². The normalized spacial score (nSPS) is 15.9. The summed E-state index contributed by atoms with van der Waals surface area (Å²) in [6, 6.07) is 7.63. The highest BCUT2D eigenvalue weighted by Gasteiger charge is 2.33. The molecule has 1 aromatic heterocycles. The summed E-state index contributed by atoms with van der Waals surface area (Å²) in [5.41, 5.74) is 4.76. The van der Waals surface area contributed by atoms with Gasteiger partial charge in [-0.2, -0.15) is 5.10 Å². The Morgan fingerprint density at radius 2 is 2.07 bits per heavy atom. The Labute approximate surface area is 165 Å². The van der Waals surface area contributed by atoms with Crippen molar-refractivity contribution in [2.75, 3.05) is 13.7 Å². The molecule has 1 aliphatic rings. The molecule has 2 aromatic rings. The van der Waals surface area contributed by atoms with E-state index in [1.165, 1.54) is 0 Å². The maximum atomic E-state index is 13.1. The number of carbonyl (C=O) groups excluding carboxylic acids is 1. The molecule has 1 atom stereocenters. The van der Waals surface area contributed by atoms with Gasteiger partial charge in [0, 0.05) is 42.9 Å². The van der Waals surface area contributed by atoms with E-state index < -0.39 is 6.10 Å². The lowest BCUT2D eigenvalue weighted by atomic mass is 10.0. The molecule has 0 saturated heterocycles. The monoisotopic (exact) mass is 384 g/mol. The largest absolute Gasteiger partial charge is 0.496 e. The number of para-hydroxylation sites is 1. The van der Waals surface area contributed by atoms with Gasteiger partial charge in [-0.25, -0.2) is 0 Å². The van der Waals surface area contributed by atoms with Gasteiger partial charge in [0.25, 0.3) is 5.91 Å². The lowest BCUT2D eigenvalue weighted by molar-refractivity contribution is -0.142. The van der Waals surface area contributed by atoms with E-state index in [1.54, 1.807) is 7.11 Å². The fraction of sp³-hybridized carbons (Fsp3) is 0.476. The highest BCUT2D eigenvalue weighted by Crippen LogP contribution is 2.26. The Morgan fingerprint density at radius 1 is 1.32 bits per heavy atom. The van der Waals surface area contributed by atoms with Crippen LogP contribution in [-0.2, 0) is 22.7 Å². The average Bonchev–Trinajstić information content (AvgIpc) is 3.31. The van der Waals surface area contributed by atoms with Crippen LogP contribution in [0.15, 0.2) is 29.4 Å². The fourth-order valence-corrected chi connectivity index (χ4v) is 3.56. The first-order valence-electron chi connectivity index (χ1n) is 9.67. The number of aryl methyl sites for hydroxylation is 2. The SMILES string of the molecule is CCN(Cc1c(C)nn(CC)c1C)C(=O)C1CC(c2ccccc2OC)=NO1. The Morgan fingerprint density at radius 3 is 2.71 bits per heavy atom. The number of amides is 1. The smallest absolute Gasteiger partial charge is 0.267 e. The third kappa shape index (κ3) is 3.74. The zero-order valence-corrected chi connectivity index (χ0v) is 17.2. The predicted molar refractivity (Wildman–Crippen MR) is 107 cm³/mol. The third-order valence-corrected chi connectivity index (χ3v) is 5.24. The summed E-state index contributed by atoms with van der Waals surface area (Å²) in [6.07, 6.45) is -0.177. The van der Waals surface area contributed by atoms with Gasteiger partial charge in [-0.15, -0.1) is 0 Å². The van der Waals surface area contributed by atoms with Crippen LogP contribution in [-0.4, -0.2) is 46.1 Å². The predicted octanol–water partition coefficient (Wildman–Crippen LogP) is 3.07. The topological polar surface area (TPSA) is 69.0 Å². The van der Waals surface area contributed by atoms with Crippen LogP contribution in [0.25, 0.3) is 0 Å². The molecule has 7 heteroatoms. The number of hydrogen-bond acceptors (Lipinski definition) is 5. The summed E-state index contributed by atoms with van der Waals surface area (Å²) in [5.74, 6) is 0.669. The highest BCUT2D eigenvalue weighted by atomic mass is 16.6. The molecule has 0 spiro atoms. The first kappa shape index (κ1) is 19.9. The molecule has 0 bridgehead atoms. The van der Waals surface area contributed by atoms with Gasteiger partial charge in [-0.1, -0.05) is 17.3 Å². The molecular weight excluding hydrogens is 356 g/mol. The Bertz CT molecular complexity index is 888. The van der Waals surface area contributed by atoms with E-state index in [9.17, 15) is 4.79 Å². The molecule has 2 heterocycles. The van der Waals surface area contributed by atoms with E-state index in [4.69, 9.17) is 9.57 Å². The minimum absolute atomic E-state index is 0.0563. The highest BCUT2D eigenvalue weighted by molar-refractivity contribution is 6.05. The number of benzene rings is 1. The number of carbonyl (C=O) groups is 1. The first-order valence-corrected chi connectivity index (χ1v) is 9.67. The quantitative estimate of drug-likeness (QED) is 0.736. The molecule has 0 saturated carbocycles. The first-order chi connectivity index (χ1) is 13.5. The van der Waals surface area contributed by atoms with Crippen molar-refractivity contribution in [1.82, 2.24) is 14.7 Å². The van der Waals surface area contributed by atoms with Gasteiger partial charge in [0.05, 0.1) is 18.5 Å². The average molecular weight is 384 g/mol. The van der Waals surface area contributed by atoms with Crippen LogP contribution >= 0.6 is 0 Å². The second kappa shape index (κ2) is 8.46. The van der Waals surface area contributed by atoms with Gasteiger partial charge in [0.15, 0.2) is 0 Å². The number of aromatic nitrogens is 2. The van der Waals surface area contributed by atoms with Crippen molar-refractivity contribution in [3.63, 3.8) is 0 Å². The number of likely N-dealkylation sites (N-methyl/N-ethyl adjacent to an activating group) is 1. The lowest BCUT2D eigenvalue weighted by Crippen LogP contribution is -2.39. The Kier molecular flexibility index (Phi) is 6.02. The second-order valence-corrected chi connectivity index (χ2v) is 6.85. The van der Waals surface area contributed by atoms with Crippen molar-refractivity contribution < 1.29 is 14.4 Å². The van der Waals surface area contributed by atoms with Gasteiger partial charge in [-0.3, -0.25) is 9.48 Å². The molecule has 1 aliphatic heterocycles. The molecule has 150 valence electrons. The van der Waals surface area contributed by atoms with E-state index in [1.807, 2.05) is 54.6 Å². The molecule has 1 aromatic carbocycles. The minimum Gasteiger partial charge on any atom is -0.496 e. The van der Waals surface area contributed by atoms with Crippen LogP contribution in [0.1, 0.15) is 42.8 Å². The van der Waals surface area contributed by atoms with Gasteiger partial charge < -0.3 is 14.5 Å². The standard InChI is InChI=1S/C21H28N4O3/c1-6-24(13-17-14(3)22-25(7-2)15(17)4)21(26)20-12-18(23-28-20)16-10-8-9-11-19(16)27-5/h8-11,20H,6-7,12-13H2,1-5H3. The van der Waals surface area contributed by atoms with Crippen LogP contribution < -0.4 is 4.74 Å². The van der Waals surface area contributed by atoms with E-state index in [2.05, 4.69) is 17.2 Å². The van der Waals surface area contributed by atoms with Crippen LogP contribution in [0, 0.1) is 13.8 Å². The van der Waals surface area contributed by atoms with Crippen molar-refractivity contribution in [3.8, 4) is 5.75 Å². The number of methoxy groups -OCH3 is 1. The maximum absolute atomic E-state index is 13.1. The van der Waals surface area contributed by atoms with Gasteiger partial charge in [0.2, 0.25) is 6.10 Å². The molecule has 0 radical (unpaired) electrons. The van der Waals surface area contributed by atoms with Crippen LogP contribution in [0.3, 0.4) is 0 Å². The van der Waals surface area contributed by atoms with Gasteiger partial charge in [0.1, 0.15) is 5.75 Å². The van der Waals surface area contributed by atoms with E-state index in [0.717, 1.165) is 40.5 Å². The van der Waals surface area contributed by atoms with E-state index in [-0.39, 0.29) is 5.91 Å². The summed E-state index contributed by atoms with van der Waals surface area (Å²) in [4.78, 5) is 20.4. The number of ether oxygens (including phenoxy) is 1. The molecule has 0 fully saturated rings. The molecule has 7 nitrogen and oxygen atoms in total. The molecule has 3 rings (SSSR count). The molecule has 0 aliphatic carbocycles. The number of oxime groups is 1. The Balaban J connectivity index is 1.72. The summed E-state index contributed by atoms with van der Waals surface area (Å²) in [5, 5.41) is 8.72. The zero-order valence-electron chi connectivity index (χ0n) is 17.2. The number of nitrogens with zero attached hydrogens (tertiary/aromatic N) is 4. The fourth-order valence-electron chi connectivity index (χ4n) is 3.56. The molecule has 1 unspecified atom stereocenters. The van der Waals surface area contributed by atoms with Crippen molar-refractivity contribution in [3.05, 3.63) is 46.8 Å². The van der Waals surface area contributed by atoms with Crippen LogP contribution in [0.2, 0.25) is 0 Å². The summed E-state index contributed by atoms with van der Waals surface area (Å²) < 4.78 is 7.37. The van der Waals surface area contributed by atoms with E-state index >= 15 is 0 Å². The third-order valence-electron chi connectivity index (χ3n) is 5.24. The van der Waals surface area contributed by atoms with E-state index in [0.29, 0.717) is 19.5 Å². The number of hydrogen-bond donors (Lipinski definition) is 0. The van der Waals surface area contributed by atoms with Gasteiger partial charge >= 0.3 is 0 Å². The summed E-state index contributed by atoms with van der Waals surface area (Å²) in [6.45, 7) is 10.0. The molecular formula is C21H28N4O3. The zero-order chi connectivity index (χ0) is 20.3. The molecule has 28 heavy (non-hydrogen) atoms. The number of rotatable bonds is 7. The minimum atomic E-state index is -0.610. The van der Waals surface area contributed by atoms with Gasteiger partial charge in [-0.05, 0) is 39.8 Å². The van der Waals surface area contributed by atoms with Crippen molar-refractivity contribution >= 4 is 11.6 Å². The lowest BCUT2D eigenvalue weighted by Gasteiger charge is -2.23. The van der Waals surface area contributed by atoms with Crippen molar-refractivity contribution in [1.29, 1.82) is 0 Å². The summed E-state index contributed by atoms with van der Waals surface area (Å²) >= 11 is 0. The second-order valence-electron chi connectivity index (χ2n) is 6.85. The summed E-state index contributed by atoms with van der Waals surface area (Å²) in [7, 11) is 1.62. The van der Waals surface area contributed by atoms with Crippen LogP contribution in [0.4, 0.5) is 0 Å². The molecule has 1 amide bonds. The van der Waals surface area contributed by atoms with Crippen LogP contribution in [0.5, 0.6) is 5.75 Å². The van der Waals surface area contributed by atoms with Crippen molar-refractivity contribution in [2.24, 2.45) is 5.16 Å². The Hall–Kier alpha value is -2.83. The molecule has 0 N–H and O–H groups in total. The maximum Gasteiger partial charge on any atom is 0.267 e.